The number of hydrogen-bond donors (Lipinski definition) is 2. The number of carbonyl (C=O) groups is 1. The highest BCUT2D eigenvalue weighted by Gasteiger charge is 2.15. The predicted molar refractivity (Wildman–Crippen MR) is 80.0 cm³/mol. The summed E-state index contributed by atoms with van der Waals surface area (Å²) in [5.74, 6) is -0.0792. The first-order valence-electron chi connectivity index (χ1n) is 5.95. The van der Waals surface area contributed by atoms with Crippen LogP contribution in [0.4, 0.5) is 0 Å². The second-order valence-electron chi connectivity index (χ2n) is 5.48. The summed E-state index contributed by atoms with van der Waals surface area (Å²) in [6, 6.07) is 5.44. The summed E-state index contributed by atoms with van der Waals surface area (Å²) in [5.41, 5.74) is 1.45. The minimum atomic E-state index is -0.261. The lowest BCUT2D eigenvalue weighted by atomic mass is 10.1. The van der Waals surface area contributed by atoms with E-state index in [-0.39, 0.29) is 18.0 Å². The number of aromatic nitrogens is 2. The van der Waals surface area contributed by atoms with Crippen LogP contribution < -0.4 is 5.32 Å². The fraction of sp³-hybridized carbons (Fsp3) is 0.385. The summed E-state index contributed by atoms with van der Waals surface area (Å²) >= 11 is 11.2. The van der Waals surface area contributed by atoms with Crippen molar-refractivity contribution in [1.29, 1.82) is 0 Å². The van der Waals surface area contributed by atoms with E-state index in [2.05, 4.69) is 10.3 Å². The van der Waals surface area contributed by atoms with E-state index in [9.17, 15) is 4.79 Å². The zero-order valence-corrected chi connectivity index (χ0v) is 12.7. The Morgan fingerprint density at radius 3 is 2.79 bits per heavy atom. The molecule has 0 saturated heterocycles. The van der Waals surface area contributed by atoms with Crippen molar-refractivity contribution in [2.75, 3.05) is 0 Å². The standard InChI is InChI=1S/C13H16ClN3OS/c1-13(2,3)16-11(18)7-17-10-6-8(14)4-5-9(10)15-12(17)19/h4-6H,7H2,1-3H3,(H,15,19)(H,16,18). The van der Waals surface area contributed by atoms with Gasteiger partial charge in [-0.05, 0) is 51.2 Å². The maximum absolute atomic E-state index is 12.0. The Morgan fingerprint density at radius 1 is 1.47 bits per heavy atom. The lowest BCUT2D eigenvalue weighted by Crippen LogP contribution is -2.42. The molecule has 0 atom stereocenters. The average Bonchev–Trinajstić information content (AvgIpc) is 2.53. The molecule has 4 nitrogen and oxygen atoms in total. The second-order valence-corrected chi connectivity index (χ2v) is 6.30. The Labute approximate surface area is 121 Å². The lowest BCUT2D eigenvalue weighted by Gasteiger charge is -2.20. The molecule has 102 valence electrons. The lowest BCUT2D eigenvalue weighted by molar-refractivity contribution is -0.123. The number of nitrogens with zero attached hydrogens (tertiary/aromatic N) is 1. The van der Waals surface area contributed by atoms with Crippen molar-refractivity contribution in [2.24, 2.45) is 0 Å². The number of H-pyrrole nitrogens is 1. The molecule has 0 fully saturated rings. The number of halogens is 1. The van der Waals surface area contributed by atoms with E-state index in [1.165, 1.54) is 0 Å². The van der Waals surface area contributed by atoms with Crippen LogP contribution in [0.15, 0.2) is 18.2 Å². The van der Waals surface area contributed by atoms with E-state index in [1.54, 1.807) is 16.7 Å². The topological polar surface area (TPSA) is 49.8 Å². The fourth-order valence-electron chi connectivity index (χ4n) is 1.88. The van der Waals surface area contributed by atoms with Gasteiger partial charge in [-0.1, -0.05) is 11.6 Å². The van der Waals surface area contributed by atoms with Gasteiger partial charge in [-0.15, -0.1) is 0 Å². The Bertz CT molecular complexity index is 681. The Hall–Kier alpha value is -1.33. The second kappa shape index (κ2) is 4.98. The van der Waals surface area contributed by atoms with E-state index >= 15 is 0 Å². The first-order chi connectivity index (χ1) is 8.76. The molecule has 0 saturated carbocycles. The maximum atomic E-state index is 12.0. The van der Waals surface area contributed by atoms with Gasteiger partial charge in [0.25, 0.3) is 0 Å². The van der Waals surface area contributed by atoms with Crippen molar-refractivity contribution in [3.05, 3.63) is 28.0 Å². The van der Waals surface area contributed by atoms with E-state index < -0.39 is 0 Å². The van der Waals surface area contributed by atoms with Gasteiger partial charge in [-0.25, -0.2) is 0 Å². The molecule has 0 aliphatic rings. The van der Waals surface area contributed by atoms with E-state index in [0.29, 0.717) is 9.79 Å². The maximum Gasteiger partial charge on any atom is 0.240 e. The summed E-state index contributed by atoms with van der Waals surface area (Å²) in [5, 5.41) is 3.53. The van der Waals surface area contributed by atoms with Crippen LogP contribution in [0, 0.1) is 4.77 Å². The summed E-state index contributed by atoms with van der Waals surface area (Å²) in [6.45, 7) is 6.00. The third kappa shape index (κ3) is 3.36. The molecule has 1 aromatic carbocycles. The molecular formula is C13H16ClN3OS. The van der Waals surface area contributed by atoms with Crippen molar-refractivity contribution in [1.82, 2.24) is 14.9 Å². The van der Waals surface area contributed by atoms with Crippen LogP contribution in [0.25, 0.3) is 11.0 Å². The molecule has 19 heavy (non-hydrogen) atoms. The number of carbonyl (C=O) groups excluding carboxylic acids is 1. The van der Waals surface area contributed by atoms with Crippen molar-refractivity contribution < 1.29 is 4.79 Å². The molecule has 0 spiro atoms. The molecule has 2 N–H and O–H groups in total. The summed E-state index contributed by atoms with van der Waals surface area (Å²) in [4.78, 5) is 15.0. The van der Waals surface area contributed by atoms with Crippen LogP contribution in [-0.2, 0) is 11.3 Å². The SMILES string of the molecule is CC(C)(C)NC(=O)Cn1c(=S)[nH]c2ccc(Cl)cc21. The number of benzene rings is 1. The number of hydrogen-bond acceptors (Lipinski definition) is 2. The van der Waals surface area contributed by atoms with Crippen molar-refractivity contribution in [3.63, 3.8) is 0 Å². The quantitative estimate of drug-likeness (QED) is 0.836. The predicted octanol–water partition coefficient (Wildman–Crippen LogP) is 3.27. The van der Waals surface area contributed by atoms with Crippen LogP contribution in [-0.4, -0.2) is 21.0 Å². The first kappa shape index (κ1) is 14.1. The molecule has 0 bridgehead atoms. The Morgan fingerprint density at radius 2 is 2.16 bits per heavy atom. The van der Waals surface area contributed by atoms with Gasteiger partial charge in [0.1, 0.15) is 6.54 Å². The van der Waals surface area contributed by atoms with E-state index in [4.69, 9.17) is 23.8 Å². The number of imidazole rings is 1. The number of fused-ring (bicyclic) bond motifs is 1. The normalized spacial score (nSPS) is 11.8. The van der Waals surface area contributed by atoms with Crippen molar-refractivity contribution >= 4 is 40.8 Å². The zero-order valence-electron chi connectivity index (χ0n) is 11.1. The van der Waals surface area contributed by atoms with E-state index in [1.807, 2.05) is 26.8 Å². The average molecular weight is 298 g/mol. The zero-order chi connectivity index (χ0) is 14.2. The van der Waals surface area contributed by atoms with Gasteiger partial charge in [-0.3, -0.25) is 4.79 Å². The molecule has 2 aromatic rings. The minimum absolute atomic E-state index is 0.0792. The van der Waals surface area contributed by atoms with Gasteiger partial charge in [0, 0.05) is 10.6 Å². The monoisotopic (exact) mass is 297 g/mol. The first-order valence-corrected chi connectivity index (χ1v) is 6.74. The van der Waals surface area contributed by atoms with Crippen LogP contribution >= 0.6 is 23.8 Å². The molecule has 1 heterocycles. The van der Waals surface area contributed by atoms with Crippen LogP contribution in [0.1, 0.15) is 20.8 Å². The Balaban J connectivity index is 2.35. The highest BCUT2D eigenvalue weighted by Crippen LogP contribution is 2.19. The smallest absolute Gasteiger partial charge is 0.240 e. The third-order valence-electron chi connectivity index (χ3n) is 2.55. The van der Waals surface area contributed by atoms with Gasteiger partial charge >= 0.3 is 0 Å². The molecule has 2 rings (SSSR count). The highest BCUT2D eigenvalue weighted by atomic mass is 35.5. The van der Waals surface area contributed by atoms with Gasteiger partial charge in [-0.2, -0.15) is 0 Å². The molecule has 1 aromatic heterocycles. The summed E-state index contributed by atoms with van der Waals surface area (Å²) < 4.78 is 2.26. The van der Waals surface area contributed by atoms with E-state index in [0.717, 1.165) is 11.0 Å². The largest absolute Gasteiger partial charge is 0.350 e. The number of aromatic amines is 1. The van der Waals surface area contributed by atoms with Gasteiger partial charge < -0.3 is 14.9 Å². The molecular weight excluding hydrogens is 282 g/mol. The third-order valence-corrected chi connectivity index (χ3v) is 3.11. The molecule has 0 radical (unpaired) electrons. The summed E-state index contributed by atoms with van der Waals surface area (Å²) in [6.07, 6.45) is 0. The molecule has 0 unspecified atom stereocenters. The molecule has 6 heteroatoms. The molecule has 1 amide bonds. The fourth-order valence-corrected chi connectivity index (χ4v) is 2.32. The van der Waals surface area contributed by atoms with Crippen LogP contribution in [0.3, 0.4) is 0 Å². The molecule has 0 aliphatic heterocycles. The van der Waals surface area contributed by atoms with Gasteiger partial charge in [0.15, 0.2) is 4.77 Å². The van der Waals surface area contributed by atoms with Crippen LogP contribution in [0.5, 0.6) is 0 Å². The number of amides is 1. The number of rotatable bonds is 2. The van der Waals surface area contributed by atoms with Crippen molar-refractivity contribution in [2.45, 2.75) is 32.9 Å². The van der Waals surface area contributed by atoms with Crippen molar-refractivity contribution in [3.8, 4) is 0 Å². The van der Waals surface area contributed by atoms with Gasteiger partial charge in [0.2, 0.25) is 5.91 Å². The van der Waals surface area contributed by atoms with Gasteiger partial charge in [0.05, 0.1) is 11.0 Å². The highest BCUT2D eigenvalue weighted by molar-refractivity contribution is 7.71. The molecule has 0 aliphatic carbocycles. The Kier molecular flexibility index (Phi) is 3.69. The summed E-state index contributed by atoms with van der Waals surface area (Å²) in [7, 11) is 0. The number of nitrogens with one attached hydrogen (secondary N) is 2. The minimum Gasteiger partial charge on any atom is -0.350 e. The van der Waals surface area contributed by atoms with Crippen LogP contribution in [0.2, 0.25) is 5.02 Å².